The summed E-state index contributed by atoms with van der Waals surface area (Å²) in [6.45, 7) is 8.14. The van der Waals surface area contributed by atoms with Crippen molar-refractivity contribution in [1.82, 2.24) is 5.32 Å². The molecule has 1 aliphatic carbocycles. The van der Waals surface area contributed by atoms with Crippen LogP contribution in [0.4, 0.5) is 0 Å². The first-order chi connectivity index (χ1) is 6.73. The highest BCUT2D eigenvalue weighted by Gasteiger charge is 2.35. The first kappa shape index (κ1) is 12.0. The molecule has 1 rings (SSSR count). The maximum absolute atomic E-state index is 3.70. The highest BCUT2D eigenvalue weighted by atomic mass is 14.9. The van der Waals surface area contributed by atoms with Crippen LogP contribution in [0.3, 0.4) is 0 Å². The van der Waals surface area contributed by atoms with E-state index < -0.39 is 0 Å². The lowest BCUT2D eigenvalue weighted by atomic mass is 9.78. The average molecular weight is 197 g/mol. The summed E-state index contributed by atoms with van der Waals surface area (Å²) in [7, 11) is 0. The van der Waals surface area contributed by atoms with Crippen LogP contribution >= 0.6 is 0 Å². The van der Waals surface area contributed by atoms with Gasteiger partial charge in [0.2, 0.25) is 0 Å². The highest BCUT2D eigenvalue weighted by molar-refractivity contribution is 4.91. The Hall–Kier alpha value is -0.0400. The van der Waals surface area contributed by atoms with Gasteiger partial charge in [0.15, 0.2) is 0 Å². The van der Waals surface area contributed by atoms with Crippen molar-refractivity contribution < 1.29 is 0 Å². The van der Waals surface area contributed by atoms with E-state index in [9.17, 15) is 0 Å². The third kappa shape index (κ3) is 2.98. The molecule has 0 amide bonds. The molecular formula is C13H27N. The van der Waals surface area contributed by atoms with Gasteiger partial charge in [-0.15, -0.1) is 0 Å². The fourth-order valence-corrected chi connectivity index (χ4v) is 2.88. The van der Waals surface area contributed by atoms with Crippen LogP contribution in [0.15, 0.2) is 0 Å². The van der Waals surface area contributed by atoms with Crippen LogP contribution in [0.1, 0.15) is 65.7 Å². The van der Waals surface area contributed by atoms with Gasteiger partial charge in [0, 0.05) is 6.04 Å². The van der Waals surface area contributed by atoms with Gasteiger partial charge in [-0.25, -0.2) is 0 Å². The zero-order valence-corrected chi connectivity index (χ0v) is 10.2. The van der Waals surface area contributed by atoms with Gasteiger partial charge >= 0.3 is 0 Å². The van der Waals surface area contributed by atoms with Gasteiger partial charge in [0.1, 0.15) is 0 Å². The van der Waals surface area contributed by atoms with Crippen LogP contribution in [-0.4, -0.2) is 12.6 Å². The quantitative estimate of drug-likeness (QED) is 0.684. The third-order valence-electron chi connectivity index (χ3n) is 3.88. The zero-order valence-electron chi connectivity index (χ0n) is 10.2. The minimum Gasteiger partial charge on any atom is -0.314 e. The largest absolute Gasteiger partial charge is 0.314 e. The molecule has 1 N–H and O–H groups in total. The molecule has 0 heterocycles. The lowest BCUT2D eigenvalue weighted by Gasteiger charge is -2.35. The van der Waals surface area contributed by atoms with E-state index in [0.29, 0.717) is 5.41 Å². The lowest BCUT2D eigenvalue weighted by Crippen LogP contribution is -2.42. The number of hydrogen-bond donors (Lipinski definition) is 1. The van der Waals surface area contributed by atoms with Gasteiger partial charge in [0.05, 0.1) is 0 Å². The number of nitrogens with one attached hydrogen (secondary N) is 1. The summed E-state index contributed by atoms with van der Waals surface area (Å²) in [5.41, 5.74) is 0.602. The molecular weight excluding hydrogens is 170 g/mol. The molecule has 0 aromatic carbocycles. The summed E-state index contributed by atoms with van der Waals surface area (Å²) in [6, 6.07) is 0.773. The van der Waals surface area contributed by atoms with Gasteiger partial charge in [-0.2, -0.15) is 0 Å². The molecule has 0 aromatic rings. The smallest absolute Gasteiger partial charge is 0.0121 e. The van der Waals surface area contributed by atoms with Crippen molar-refractivity contribution in [3.05, 3.63) is 0 Å². The second kappa shape index (κ2) is 5.75. The van der Waals surface area contributed by atoms with Crippen LogP contribution < -0.4 is 5.32 Å². The van der Waals surface area contributed by atoms with Gasteiger partial charge in [-0.3, -0.25) is 0 Å². The summed E-state index contributed by atoms with van der Waals surface area (Å²) in [6.07, 6.45) is 9.86. The minimum atomic E-state index is 0.602. The van der Waals surface area contributed by atoms with E-state index >= 15 is 0 Å². The first-order valence-electron chi connectivity index (χ1n) is 6.46. The SMILES string of the molecule is CCCCC(NCC)C1(C)CCCC1. The maximum atomic E-state index is 3.70. The molecule has 0 radical (unpaired) electrons. The topological polar surface area (TPSA) is 12.0 Å². The van der Waals surface area contributed by atoms with Crippen LogP contribution in [0.5, 0.6) is 0 Å². The van der Waals surface area contributed by atoms with Gasteiger partial charge in [0.25, 0.3) is 0 Å². The molecule has 0 bridgehead atoms. The van der Waals surface area contributed by atoms with E-state index in [1.807, 2.05) is 0 Å². The second-order valence-corrected chi connectivity index (χ2v) is 5.11. The zero-order chi connectivity index (χ0) is 10.4. The summed E-state index contributed by atoms with van der Waals surface area (Å²) < 4.78 is 0. The van der Waals surface area contributed by atoms with Crippen molar-refractivity contribution in [3.63, 3.8) is 0 Å². The van der Waals surface area contributed by atoms with Crippen LogP contribution in [-0.2, 0) is 0 Å². The van der Waals surface area contributed by atoms with Gasteiger partial charge in [-0.1, -0.05) is 46.5 Å². The van der Waals surface area contributed by atoms with Crippen molar-refractivity contribution >= 4 is 0 Å². The van der Waals surface area contributed by atoms with Crippen molar-refractivity contribution in [3.8, 4) is 0 Å². The van der Waals surface area contributed by atoms with E-state index in [-0.39, 0.29) is 0 Å². The van der Waals surface area contributed by atoms with E-state index in [0.717, 1.165) is 12.6 Å². The van der Waals surface area contributed by atoms with E-state index in [2.05, 4.69) is 26.1 Å². The average Bonchev–Trinajstić information content (AvgIpc) is 2.60. The molecule has 14 heavy (non-hydrogen) atoms. The molecule has 84 valence electrons. The fraction of sp³-hybridized carbons (Fsp3) is 1.00. The van der Waals surface area contributed by atoms with E-state index in [1.54, 1.807) is 0 Å². The van der Waals surface area contributed by atoms with Crippen LogP contribution in [0.2, 0.25) is 0 Å². The summed E-state index contributed by atoms with van der Waals surface area (Å²) in [4.78, 5) is 0. The fourth-order valence-electron chi connectivity index (χ4n) is 2.88. The third-order valence-corrected chi connectivity index (χ3v) is 3.88. The van der Waals surface area contributed by atoms with Crippen LogP contribution in [0.25, 0.3) is 0 Å². The van der Waals surface area contributed by atoms with E-state index in [4.69, 9.17) is 0 Å². The molecule has 1 heteroatoms. The predicted octanol–water partition coefficient (Wildman–Crippen LogP) is 3.74. The molecule has 0 saturated heterocycles. The van der Waals surface area contributed by atoms with Crippen LogP contribution in [0, 0.1) is 5.41 Å². The molecule has 0 aliphatic heterocycles. The Balaban J connectivity index is 2.46. The molecule has 1 nitrogen and oxygen atoms in total. The molecule has 1 aliphatic rings. The lowest BCUT2D eigenvalue weighted by molar-refractivity contribution is 0.209. The Kier molecular flexibility index (Phi) is 4.94. The van der Waals surface area contributed by atoms with Crippen molar-refractivity contribution in [2.75, 3.05) is 6.54 Å². The molecule has 1 fully saturated rings. The maximum Gasteiger partial charge on any atom is 0.0121 e. The Labute approximate surface area is 89.7 Å². The Morgan fingerprint density at radius 2 is 1.86 bits per heavy atom. The summed E-state index contributed by atoms with van der Waals surface area (Å²) in [5.74, 6) is 0. The van der Waals surface area contributed by atoms with E-state index in [1.165, 1.54) is 44.9 Å². The molecule has 1 unspecified atom stereocenters. The highest BCUT2D eigenvalue weighted by Crippen LogP contribution is 2.41. The summed E-state index contributed by atoms with van der Waals surface area (Å²) >= 11 is 0. The number of rotatable bonds is 6. The summed E-state index contributed by atoms with van der Waals surface area (Å²) in [5, 5.41) is 3.70. The standard InChI is InChI=1S/C13H27N/c1-4-6-9-12(14-5-2)13(3)10-7-8-11-13/h12,14H,4-11H2,1-3H3. The number of hydrogen-bond acceptors (Lipinski definition) is 1. The molecule has 0 spiro atoms. The van der Waals surface area contributed by atoms with Crippen molar-refractivity contribution in [2.45, 2.75) is 71.8 Å². The Morgan fingerprint density at radius 3 is 2.36 bits per heavy atom. The number of unbranched alkanes of at least 4 members (excludes halogenated alkanes) is 1. The van der Waals surface area contributed by atoms with Crippen molar-refractivity contribution in [1.29, 1.82) is 0 Å². The first-order valence-corrected chi connectivity index (χ1v) is 6.46. The van der Waals surface area contributed by atoms with Crippen molar-refractivity contribution in [2.24, 2.45) is 5.41 Å². The Morgan fingerprint density at radius 1 is 1.21 bits per heavy atom. The van der Waals surface area contributed by atoms with Gasteiger partial charge in [-0.05, 0) is 31.2 Å². The van der Waals surface area contributed by atoms with Gasteiger partial charge < -0.3 is 5.32 Å². The minimum absolute atomic E-state index is 0.602. The molecule has 0 aromatic heterocycles. The molecule has 1 atom stereocenters. The predicted molar refractivity (Wildman–Crippen MR) is 63.6 cm³/mol. The monoisotopic (exact) mass is 197 g/mol. The normalized spacial score (nSPS) is 22.5. The molecule has 1 saturated carbocycles. The Bertz CT molecular complexity index is 147. The second-order valence-electron chi connectivity index (χ2n) is 5.11.